The van der Waals surface area contributed by atoms with E-state index in [4.69, 9.17) is 4.52 Å². The highest BCUT2D eigenvalue weighted by molar-refractivity contribution is 6.04. The van der Waals surface area contributed by atoms with Gasteiger partial charge in [0.05, 0.1) is 0 Å². The molecule has 8 heteroatoms. The molecule has 0 bridgehead atoms. The molecule has 2 amide bonds. The van der Waals surface area contributed by atoms with E-state index < -0.39 is 0 Å². The molecule has 0 spiro atoms. The van der Waals surface area contributed by atoms with Crippen LogP contribution in [0.25, 0.3) is 0 Å². The molecule has 0 aliphatic heterocycles. The fourth-order valence-electron chi connectivity index (χ4n) is 2.45. The SMILES string of the molecule is Cc1ccc(=O)n(CC(=O)Nc2ccc(C(=O)Nc3cc(C)on3)cc2)c1. The Hall–Kier alpha value is -3.68. The van der Waals surface area contributed by atoms with Gasteiger partial charge in [0.1, 0.15) is 12.3 Å². The molecule has 138 valence electrons. The van der Waals surface area contributed by atoms with Crippen LogP contribution in [0, 0.1) is 13.8 Å². The number of anilines is 2. The molecule has 0 saturated heterocycles. The molecule has 3 rings (SSSR count). The minimum atomic E-state index is -0.340. The molecule has 2 aromatic heterocycles. The second-order valence-corrected chi connectivity index (χ2v) is 6.08. The van der Waals surface area contributed by atoms with E-state index in [1.165, 1.54) is 10.6 Å². The zero-order valence-corrected chi connectivity index (χ0v) is 14.9. The van der Waals surface area contributed by atoms with E-state index in [1.54, 1.807) is 49.5 Å². The van der Waals surface area contributed by atoms with Crippen molar-refractivity contribution in [2.75, 3.05) is 10.6 Å². The number of benzene rings is 1. The maximum absolute atomic E-state index is 12.1. The molecule has 0 saturated carbocycles. The first kappa shape index (κ1) is 18.1. The van der Waals surface area contributed by atoms with Crippen LogP contribution in [0.4, 0.5) is 11.5 Å². The van der Waals surface area contributed by atoms with E-state index in [0.29, 0.717) is 22.8 Å². The number of hydrogen-bond acceptors (Lipinski definition) is 5. The van der Waals surface area contributed by atoms with E-state index >= 15 is 0 Å². The molecule has 0 aliphatic rings. The van der Waals surface area contributed by atoms with E-state index in [0.717, 1.165) is 5.56 Å². The fraction of sp³-hybridized carbons (Fsp3) is 0.158. The lowest BCUT2D eigenvalue weighted by Gasteiger charge is -2.08. The summed E-state index contributed by atoms with van der Waals surface area (Å²) >= 11 is 0. The fourth-order valence-corrected chi connectivity index (χ4v) is 2.45. The number of carbonyl (C=O) groups excluding carboxylic acids is 2. The Balaban J connectivity index is 1.61. The van der Waals surface area contributed by atoms with Gasteiger partial charge in [-0.2, -0.15) is 0 Å². The van der Waals surface area contributed by atoms with Gasteiger partial charge in [-0.15, -0.1) is 0 Å². The summed E-state index contributed by atoms with van der Waals surface area (Å²) in [5.74, 6) is 0.250. The van der Waals surface area contributed by atoms with Crippen LogP contribution >= 0.6 is 0 Å². The molecule has 3 aromatic rings. The Labute approximate surface area is 154 Å². The summed E-state index contributed by atoms with van der Waals surface area (Å²) in [6.07, 6.45) is 1.63. The summed E-state index contributed by atoms with van der Waals surface area (Å²) in [7, 11) is 0. The van der Waals surface area contributed by atoms with Crippen molar-refractivity contribution < 1.29 is 14.1 Å². The van der Waals surface area contributed by atoms with Gasteiger partial charge in [0.15, 0.2) is 5.82 Å². The van der Waals surface area contributed by atoms with Crippen LogP contribution < -0.4 is 16.2 Å². The van der Waals surface area contributed by atoms with Gasteiger partial charge in [0, 0.05) is 29.6 Å². The second-order valence-electron chi connectivity index (χ2n) is 6.08. The summed E-state index contributed by atoms with van der Waals surface area (Å²) in [5, 5.41) is 9.01. The van der Waals surface area contributed by atoms with Crippen molar-refractivity contribution in [2.24, 2.45) is 0 Å². The molecule has 27 heavy (non-hydrogen) atoms. The van der Waals surface area contributed by atoms with Gasteiger partial charge < -0.3 is 19.7 Å². The second kappa shape index (κ2) is 7.69. The third-order valence-corrected chi connectivity index (χ3v) is 3.75. The lowest BCUT2D eigenvalue weighted by atomic mass is 10.2. The van der Waals surface area contributed by atoms with Gasteiger partial charge in [-0.3, -0.25) is 14.4 Å². The summed E-state index contributed by atoms with van der Waals surface area (Å²) < 4.78 is 6.23. The van der Waals surface area contributed by atoms with Crippen molar-refractivity contribution >= 4 is 23.3 Å². The van der Waals surface area contributed by atoms with Gasteiger partial charge in [-0.05, 0) is 43.7 Å². The van der Waals surface area contributed by atoms with E-state index in [9.17, 15) is 14.4 Å². The molecule has 0 radical (unpaired) electrons. The Morgan fingerprint density at radius 3 is 2.48 bits per heavy atom. The highest BCUT2D eigenvalue weighted by Crippen LogP contribution is 2.13. The first-order valence-electron chi connectivity index (χ1n) is 8.22. The largest absolute Gasteiger partial charge is 0.360 e. The number of rotatable bonds is 5. The first-order chi connectivity index (χ1) is 12.9. The molecule has 0 atom stereocenters. The van der Waals surface area contributed by atoms with Crippen LogP contribution in [0.3, 0.4) is 0 Å². The lowest BCUT2D eigenvalue weighted by molar-refractivity contribution is -0.116. The summed E-state index contributed by atoms with van der Waals surface area (Å²) in [5.41, 5.74) is 1.57. The number of nitrogens with one attached hydrogen (secondary N) is 2. The maximum Gasteiger partial charge on any atom is 0.256 e. The molecule has 2 N–H and O–H groups in total. The highest BCUT2D eigenvalue weighted by atomic mass is 16.5. The zero-order valence-electron chi connectivity index (χ0n) is 14.9. The molecular weight excluding hydrogens is 348 g/mol. The van der Waals surface area contributed by atoms with Crippen LogP contribution in [0.2, 0.25) is 0 Å². The standard InChI is InChI=1S/C19H18N4O4/c1-12-3-8-18(25)23(10-12)11-17(24)20-15-6-4-14(5-7-15)19(26)21-16-9-13(2)27-22-16/h3-10H,11H2,1-2H3,(H,20,24)(H,21,22,26). The van der Waals surface area contributed by atoms with Gasteiger partial charge in [-0.1, -0.05) is 11.2 Å². The van der Waals surface area contributed by atoms with Gasteiger partial charge >= 0.3 is 0 Å². The number of aryl methyl sites for hydroxylation is 2. The summed E-state index contributed by atoms with van der Waals surface area (Å²) in [4.78, 5) is 36.0. The molecule has 0 fully saturated rings. The van der Waals surface area contributed by atoms with Crippen molar-refractivity contribution in [3.63, 3.8) is 0 Å². The molecule has 8 nitrogen and oxygen atoms in total. The topological polar surface area (TPSA) is 106 Å². The quantitative estimate of drug-likeness (QED) is 0.721. The van der Waals surface area contributed by atoms with Crippen molar-refractivity contribution in [3.8, 4) is 0 Å². The normalized spacial score (nSPS) is 10.4. The highest BCUT2D eigenvalue weighted by Gasteiger charge is 2.10. The van der Waals surface area contributed by atoms with Crippen molar-refractivity contribution in [1.29, 1.82) is 0 Å². The molecular formula is C19H18N4O4. The number of carbonyl (C=O) groups is 2. The smallest absolute Gasteiger partial charge is 0.256 e. The van der Waals surface area contributed by atoms with Crippen LogP contribution in [-0.2, 0) is 11.3 Å². The Morgan fingerprint density at radius 1 is 1.07 bits per heavy atom. The number of aromatic nitrogens is 2. The van der Waals surface area contributed by atoms with Gasteiger partial charge in [-0.25, -0.2) is 0 Å². The van der Waals surface area contributed by atoms with E-state index in [-0.39, 0.29) is 23.9 Å². The molecule has 2 heterocycles. The van der Waals surface area contributed by atoms with Gasteiger partial charge in [0.2, 0.25) is 5.91 Å². The van der Waals surface area contributed by atoms with Gasteiger partial charge in [0.25, 0.3) is 11.5 Å². The Kier molecular flexibility index (Phi) is 5.16. The minimum absolute atomic E-state index is 0.0890. The Bertz CT molecular complexity index is 1030. The average molecular weight is 366 g/mol. The first-order valence-corrected chi connectivity index (χ1v) is 8.22. The predicted molar refractivity (Wildman–Crippen MR) is 99.7 cm³/mol. The molecule has 0 unspecified atom stereocenters. The molecule has 0 aliphatic carbocycles. The monoisotopic (exact) mass is 366 g/mol. The third-order valence-electron chi connectivity index (χ3n) is 3.75. The van der Waals surface area contributed by atoms with Crippen molar-refractivity contribution in [2.45, 2.75) is 20.4 Å². The number of hydrogen-bond donors (Lipinski definition) is 2. The predicted octanol–water partition coefficient (Wildman–Crippen LogP) is 2.34. The van der Waals surface area contributed by atoms with Crippen LogP contribution in [-0.4, -0.2) is 21.5 Å². The lowest BCUT2D eigenvalue weighted by Crippen LogP contribution is -2.26. The minimum Gasteiger partial charge on any atom is -0.360 e. The number of nitrogens with zero attached hydrogens (tertiary/aromatic N) is 2. The van der Waals surface area contributed by atoms with Crippen molar-refractivity contribution in [1.82, 2.24) is 9.72 Å². The van der Waals surface area contributed by atoms with E-state index in [1.807, 2.05) is 6.92 Å². The number of pyridine rings is 1. The molecule has 1 aromatic carbocycles. The van der Waals surface area contributed by atoms with Crippen LogP contribution in [0.15, 0.2) is 58.0 Å². The van der Waals surface area contributed by atoms with E-state index in [2.05, 4.69) is 15.8 Å². The number of amides is 2. The van der Waals surface area contributed by atoms with Crippen LogP contribution in [0.5, 0.6) is 0 Å². The Morgan fingerprint density at radius 2 is 1.81 bits per heavy atom. The average Bonchev–Trinajstić information content (AvgIpc) is 3.03. The third kappa shape index (κ3) is 4.69. The summed E-state index contributed by atoms with van der Waals surface area (Å²) in [6.45, 7) is 3.48. The maximum atomic E-state index is 12.1. The summed E-state index contributed by atoms with van der Waals surface area (Å²) in [6, 6.07) is 11.1. The zero-order chi connectivity index (χ0) is 19.4. The van der Waals surface area contributed by atoms with Crippen LogP contribution in [0.1, 0.15) is 21.7 Å². The van der Waals surface area contributed by atoms with Crippen molar-refractivity contribution in [3.05, 3.63) is 75.9 Å².